The van der Waals surface area contributed by atoms with Gasteiger partial charge in [-0.2, -0.15) is 4.31 Å². The van der Waals surface area contributed by atoms with Crippen molar-refractivity contribution in [3.05, 3.63) is 59.6 Å². The quantitative estimate of drug-likeness (QED) is 0.821. The molecule has 0 unspecified atom stereocenters. The maximum Gasteiger partial charge on any atom is 0.236 e. The molecule has 0 bridgehead atoms. The number of rotatable bonds is 5. The Balaban J connectivity index is 1.57. The van der Waals surface area contributed by atoms with Gasteiger partial charge in [0.05, 0.1) is 0 Å². The number of pyridine rings is 1. The third kappa shape index (κ3) is 4.93. The largest absolute Gasteiger partial charge is 0.504 e. The number of aromatic hydroxyl groups is 1. The van der Waals surface area contributed by atoms with Crippen LogP contribution in [0, 0.1) is 5.92 Å². The van der Waals surface area contributed by atoms with Crippen molar-refractivity contribution in [1.82, 2.24) is 9.29 Å². The van der Waals surface area contributed by atoms with Crippen LogP contribution in [0.2, 0.25) is 0 Å². The summed E-state index contributed by atoms with van der Waals surface area (Å²) in [6.07, 6.45) is 3.87. The molecular weight excluding hydrogens is 366 g/mol. The first-order valence-corrected chi connectivity index (χ1v) is 10.1. The van der Waals surface area contributed by atoms with E-state index in [1.54, 1.807) is 12.1 Å². The molecule has 1 aliphatic rings. The zero-order valence-corrected chi connectivity index (χ0v) is 15.5. The molecule has 2 aromatic rings. The minimum Gasteiger partial charge on any atom is -0.504 e. The average molecular weight is 387 g/mol. The number of nitrogens with one attached hydrogen (secondary N) is 1. The van der Waals surface area contributed by atoms with Crippen molar-refractivity contribution in [1.29, 1.82) is 0 Å². The molecule has 27 heavy (non-hydrogen) atoms. The first-order chi connectivity index (χ1) is 13.0. The Labute approximate surface area is 158 Å². The molecule has 1 saturated heterocycles. The fraction of sp³-hybridized carbons (Fsp3) is 0.263. The normalized spacial score (nSPS) is 16.4. The molecule has 142 valence electrons. The lowest BCUT2D eigenvalue weighted by atomic mass is 9.97. The summed E-state index contributed by atoms with van der Waals surface area (Å²) in [7, 11) is -3.53. The predicted octanol–water partition coefficient (Wildman–Crippen LogP) is 2.44. The van der Waals surface area contributed by atoms with Crippen molar-refractivity contribution in [2.75, 3.05) is 18.4 Å². The van der Waals surface area contributed by atoms with Gasteiger partial charge in [-0.05, 0) is 36.6 Å². The number of hydrogen-bond acceptors (Lipinski definition) is 5. The topological polar surface area (TPSA) is 99.6 Å². The molecule has 1 aliphatic heterocycles. The van der Waals surface area contributed by atoms with E-state index in [1.165, 1.54) is 22.0 Å². The molecule has 0 spiro atoms. The molecule has 0 radical (unpaired) electrons. The molecule has 3 rings (SSSR count). The van der Waals surface area contributed by atoms with Gasteiger partial charge >= 0.3 is 0 Å². The van der Waals surface area contributed by atoms with E-state index < -0.39 is 10.0 Å². The van der Waals surface area contributed by atoms with Crippen molar-refractivity contribution < 1.29 is 18.3 Å². The average Bonchev–Trinajstić information content (AvgIpc) is 2.69. The Morgan fingerprint density at radius 2 is 1.85 bits per heavy atom. The van der Waals surface area contributed by atoms with Gasteiger partial charge in [0.15, 0.2) is 11.6 Å². The standard InChI is InChI=1S/C19H21N3O4S/c23-17-7-4-11-20-18(17)21-19(24)16-8-12-22(13-9-16)27(25,26)14-10-15-5-2-1-3-6-15/h1-7,10-11,14,16,23H,8-9,12-13H2,(H,20,21,24)/b14-10+. The summed E-state index contributed by atoms with van der Waals surface area (Å²) in [5, 5.41) is 13.5. The van der Waals surface area contributed by atoms with E-state index in [0.717, 1.165) is 5.56 Å². The fourth-order valence-corrected chi connectivity index (χ4v) is 4.12. The number of benzene rings is 1. The summed E-state index contributed by atoms with van der Waals surface area (Å²) < 4.78 is 26.3. The van der Waals surface area contributed by atoms with Crippen LogP contribution in [-0.4, -0.2) is 41.8 Å². The van der Waals surface area contributed by atoms with Gasteiger partial charge in [-0.3, -0.25) is 4.79 Å². The maximum atomic E-state index is 12.5. The van der Waals surface area contributed by atoms with E-state index in [-0.39, 0.29) is 36.5 Å². The molecule has 0 atom stereocenters. The van der Waals surface area contributed by atoms with Crippen LogP contribution in [0.5, 0.6) is 5.75 Å². The smallest absolute Gasteiger partial charge is 0.236 e. The SMILES string of the molecule is O=C(Nc1ncccc1O)C1CCN(S(=O)(=O)/C=C/c2ccccc2)CC1. The Morgan fingerprint density at radius 3 is 2.52 bits per heavy atom. The van der Waals surface area contributed by atoms with Gasteiger partial charge in [-0.15, -0.1) is 0 Å². The van der Waals surface area contributed by atoms with Crippen LogP contribution in [-0.2, 0) is 14.8 Å². The van der Waals surface area contributed by atoms with Gasteiger partial charge in [0.2, 0.25) is 15.9 Å². The highest BCUT2D eigenvalue weighted by Crippen LogP contribution is 2.24. The van der Waals surface area contributed by atoms with E-state index in [0.29, 0.717) is 12.8 Å². The Bertz CT molecular complexity index is 921. The summed E-state index contributed by atoms with van der Waals surface area (Å²) in [5.74, 6) is -0.572. The number of sulfonamides is 1. The molecule has 7 nitrogen and oxygen atoms in total. The van der Waals surface area contributed by atoms with Gasteiger partial charge in [0.25, 0.3) is 0 Å². The van der Waals surface area contributed by atoms with Crippen LogP contribution in [0.1, 0.15) is 18.4 Å². The number of anilines is 1. The number of nitrogens with zero attached hydrogens (tertiary/aromatic N) is 2. The number of piperidine rings is 1. The monoisotopic (exact) mass is 387 g/mol. The minimum atomic E-state index is -3.53. The number of carbonyl (C=O) groups is 1. The van der Waals surface area contributed by atoms with Crippen molar-refractivity contribution >= 4 is 27.8 Å². The molecule has 1 aromatic carbocycles. The summed E-state index contributed by atoms with van der Waals surface area (Å²) in [4.78, 5) is 16.3. The van der Waals surface area contributed by atoms with Crippen molar-refractivity contribution in [2.24, 2.45) is 5.92 Å². The third-order valence-electron chi connectivity index (χ3n) is 4.44. The first-order valence-electron chi connectivity index (χ1n) is 8.64. The second-order valence-electron chi connectivity index (χ2n) is 6.29. The van der Waals surface area contributed by atoms with E-state index >= 15 is 0 Å². The fourth-order valence-electron chi connectivity index (χ4n) is 2.90. The second-order valence-corrected chi connectivity index (χ2v) is 8.11. The zero-order valence-electron chi connectivity index (χ0n) is 14.7. The second kappa shape index (κ2) is 8.32. The lowest BCUT2D eigenvalue weighted by Crippen LogP contribution is -2.40. The van der Waals surface area contributed by atoms with Crippen LogP contribution in [0.4, 0.5) is 5.82 Å². The molecule has 0 saturated carbocycles. The first kappa shape index (κ1) is 19.1. The van der Waals surface area contributed by atoms with Gasteiger partial charge in [-0.25, -0.2) is 13.4 Å². The molecule has 1 amide bonds. The van der Waals surface area contributed by atoms with Gasteiger partial charge in [0.1, 0.15) is 0 Å². The Kier molecular flexibility index (Phi) is 5.88. The summed E-state index contributed by atoms with van der Waals surface area (Å²) in [5.41, 5.74) is 0.811. The highest BCUT2D eigenvalue weighted by molar-refractivity contribution is 7.92. The van der Waals surface area contributed by atoms with Crippen LogP contribution in [0.15, 0.2) is 54.1 Å². The number of carbonyl (C=O) groups excluding carboxylic acids is 1. The van der Waals surface area contributed by atoms with Crippen LogP contribution in [0.25, 0.3) is 6.08 Å². The molecule has 2 heterocycles. The lowest BCUT2D eigenvalue weighted by Gasteiger charge is -2.29. The molecular formula is C19H21N3O4S. The van der Waals surface area contributed by atoms with E-state index in [1.807, 2.05) is 30.3 Å². The van der Waals surface area contributed by atoms with E-state index in [2.05, 4.69) is 10.3 Å². The Morgan fingerprint density at radius 1 is 1.15 bits per heavy atom. The predicted molar refractivity (Wildman–Crippen MR) is 103 cm³/mol. The van der Waals surface area contributed by atoms with Crippen LogP contribution >= 0.6 is 0 Å². The van der Waals surface area contributed by atoms with Gasteiger partial charge in [0, 0.05) is 30.6 Å². The highest BCUT2D eigenvalue weighted by Gasteiger charge is 2.30. The van der Waals surface area contributed by atoms with Crippen molar-refractivity contribution in [3.63, 3.8) is 0 Å². The van der Waals surface area contributed by atoms with E-state index in [9.17, 15) is 18.3 Å². The molecule has 1 aromatic heterocycles. The Hall–Kier alpha value is -2.71. The van der Waals surface area contributed by atoms with Gasteiger partial charge in [-0.1, -0.05) is 30.3 Å². The van der Waals surface area contributed by atoms with Crippen molar-refractivity contribution in [3.8, 4) is 5.75 Å². The number of hydrogen-bond donors (Lipinski definition) is 2. The van der Waals surface area contributed by atoms with Crippen molar-refractivity contribution in [2.45, 2.75) is 12.8 Å². The molecule has 2 N–H and O–H groups in total. The third-order valence-corrected chi connectivity index (χ3v) is 6.01. The molecule has 8 heteroatoms. The number of amides is 1. The summed E-state index contributed by atoms with van der Waals surface area (Å²) >= 11 is 0. The van der Waals surface area contributed by atoms with Crippen LogP contribution in [0.3, 0.4) is 0 Å². The molecule has 0 aliphatic carbocycles. The number of aromatic nitrogens is 1. The molecule has 1 fully saturated rings. The van der Waals surface area contributed by atoms with Gasteiger partial charge < -0.3 is 10.4 Å². The summed E-state index contributed by atoms with van der Waals surface area (Å²) in [6, 6.07) is 12.2. The van der Waals surface area contributed by atoms with Crippen LogP contribution < -0.4 is 5.32 Å². The minimum absolute atomic E-state index is 0.100. The zero-order chi connectivity index (χ0) is 19.3. The lowest BCUT2D eigenvalue weighted by molar-refractivity contribution is -0.120. The maximum absolute atomic E-state index is 12.5. The summed E-state index contributed by atoms with van der Waals surface area (Å²) in [6.45, 7) is 0.543. The highest BCUT2D eigenvalue weighted by atomic mass is 32.2. The van der Waals surface area contributed by atoms with E-state index in [4.69, 9.17) is 0 Å².